The Labute approximate surface area is 118 Å². The van der Waals surface area contributed by atoms with Crippen molar-refractivity contribution in [1.29, 1.82) is 0 Å². The van der Waals surface area contributed by atoms with Crippen molar-refractivity contribution in [1.82, 2.24) is 0 Å². The van der Waals surface area contributed by atoms with Gasteiger partial charge in [0.1, 0.15) is 0 Å². The third kappa shape index (κ3) is 2.58. The van der Waals surface area contributed by atoms with E-state index in [0.717, 1.165) is 32.1 Å². The molecule has 0 radical (unpaired) electrons. The molecule has 0 unspecified atom stereocenters. The van der Waals surface area contributed by atoms with Crippen molar-refractivity contribution in [3.8, 4) is 0 Å². The lowest BCUT2D eigenvalue weighted by atomic mass is 9.60. The van der Waals surface area contributed by atoms with Crippen LogP contribution < -0.4 is 0 Å². The van der Waals surface area contributed by atoms with E-state index in [1.165, 1.54) is 35.1 Å². The molecule has 106 valence electrons. The van der Waals surface area contributed by atoms with Crippen LogP contribution in [0.25, 0.3) is 0 Å². The van der Waals surface area contributed by atoms with Crippen molar-refractivity contribution in [2.75, 3.05) is 0 Å². The molecule has 1 N–H and O–H groups in total. The Kier molecular flexibility index (Phi) is 4.35. The summed E-state index contributed by atoms with van der Waals surface area (Å²) in [6.45, 7) is 11.0. The molecular formula is C18H28O. The largest absolute Gasteiger partial charge is 0.392 e. The Bertz CT molecular complexity index is 427. The Morgan fingerprint density at radius 3 is 2.89 bits per heavy atom. The topological polar surface area (TPSA) is 20.2 Å². The van der Waals surface area contributed by atoms with Gasteiger partial charge in [-0.2, -0.15) is 0 Å². The maximum Gasteiger partial charge on any atom is 0.0634 e. The molecule has 0 aliphatic heterocycles. The number of allylic oxidation sites excluding steroid dienone is 4. The van der Waals surface area contributed by atoms with Crippen LogP contribution in [-0.4, -0.2) is 11.2 Å². The molecule has 2 rings (SSSR count). The first-order valence-corrected chi connectivity index (χ1v) is 7.77. The molecule has 1 saturated carbocycles. The van der Waals surface area contributed by atoms with E-state index < -0.39 is 0 Å². The minimum Gasteiger partial charge on any atom is -0.392 e. The highest BCUT2D eigenvalue weighted by molar-refractivity contribution is 5.53. The lowest BCUT2D eigenvalue weighted by Crippen LogP contribution is -2.40. The molecule has 0 aromatic rings. The highest BCUT2D eigenvalue weighted by Crippen LogP contribution is 2.52. The maximum absolute atomic E-state index is 10.5. The number of hydrogen-bond acceptors (Lipinski definition) is 1. The molecule has 0 aromatic heterocycles. The zero-order valence-electron chi connectivity index (χ0n) is 12.8. The minimum atomic E-state index is -0.186. The van der Waals surface area contributed by atoms with Gasteiger partial charge in [0.05, 0.1) is 6.10 Å². The second-order valence-corrected chi connectivity index (χ2v) is 6.46. The summed E-state index contributed by atoms with van der Waals surface area (Å²) in [6.07, 6.45) is 9.96. The van der Waals surface area contributed by atoms with Gasteiger partial charge in [0, 0.05) is 5.41 Å². The van der Waals surface area contributed by atoms with Gasteiger partial charge in [0.2, 0.25) is 0 Å². The standard InChI is InChI=1S/C18H28O/c1-5-6-7-9-15-12-18(4)16(14(3)13(15)2)10-8-11-17(18)19/h9,17,19H,2,5-8,10-12H2,1,3-4H3/t17-,18-/m0/s1. The van der Waals surface area contributed by atoms with Gasteiger partial charge in [0.25, 0.3) is 0 Å². The molecule has 0 bridgehead atoms. The summed E-state index contributed by atoms with van der Waals surface area (Å²) in [5.41, 5.74) is 5.36. The number of hydrogen-bond donors (Lipinski definition) is 1. The van der Waals surface area contributed by atoms with Gasteiger partial charge in [-0.3, -0.25) is 0 Å². The predicted molar refractivity (Wildman–Crippen MR) is 82.0 cm³/mol. The normalized spacial score (nSPS) is 33.8. The van der Waals surface area contributed by atoms with Crippen molar-refractivity contribution in [3.05, 3.63) is 34.9 Å². The molecule has 1 heteroatoms. The van der Waals surface area contributed by atoms with Crippen molar-refractivity contribution < 1.29 is 5.11 Å². The summed E-state index contributed by atoms with van der Waals surface area (Å²) in [7, 11) is 0. The van der Waals surface area contributed by atoms with Crippen LogP contribution in [-0.2, 0) is 0 Å². The van der Waals surface area contributed by atoms with E-state index in [0.29, 0.717) is 0 Å². The van der Waals surface area contributed by atoms with Gasteiger partial charge in [-0.1, -0.05) is 44.9 Å². The quantitative estimate of drug-likeness (QED) is 0.713. The molecular weight excluding hydrogens is 232 g/mol. The summed E-state index contributed by atoms with van der Waals surface area (Å²) in [5, 5.41) is 10.5. The first-order valence-electron chi connectivity index (χ1n) is 7.77. The predicted octanol–water partition coefficient (Wildman–Crippen LogP) is 4.93. The Hall–Kier alpha value is -0.820. The molecule has 0 saturated heterocycles. The smallest absolute Gasteiger partial charge is 0.0634 e. The fourth-order valence-corrected chi connectivity index (χ4v) is 3.72. The molecule has 0 amide bonds. The molecule has 1 fully saturated rings. The van der Waals surface area contributed by atoms with Crippen molar-refractivity contribution in [2.24, 2.45) is 5.41 Å². The van der Waals surface area contributed by atoms with Gasteiger partial charge in [-0.15, -0.1) is 0 Å². The fourth-order valence-electron chi connectivity index (χ4n) is 3.72. The third-order valence-electron chi connectivity index (χ3n) is 5.13. The average molecular weight is 260 g/mol. The van der Waals surface area contributed by atoms with E-state index in [1.807, 2.05) is 0 Å². The summed E-state index contributed by atoms with van der Waals surface area (Å²) >= 11 is 0. The maximum atomic E-state index is 10.5. The van der Waals surface area contributed by atoms with Gasteiger partial charge >= 0.3 is 0 Å². The first-order chi connectivity index (χ1) is 9.00. The van der Waals surface area contributed by atoms with E-state index in [4.69, 9.17) is 0 Å². The lowest BCUT2D eigenvalue weighted by Gasteiger charge is -2.46. The van der Waals surface area contributed by atoms with Gasteiger partial charge < -0.3 is 5.11 Å². The summed E-state index contributed by atoms with van der Waals surface area (Å²) in [6, 6.07) is 0. The molecule has 0 spiro atoms. The van der Waals surface area contributed by atoms with E-state index >= 15 is 0 Å². The van der Waals surface area contributed by atoms with Crippen molar-refractivity contribution in [2.45, 2.75) is 71.8 Å². The highest BCUT2D eigenvalue weighted by atomic mass is 16.3. The van der Waals surface area contributed by atoms with Crippen molar-refractivity contribution in [3.63, 3.8) is 0 Å². The van der Waals surface area contributed by atoms with Gasteiger partial charge in [-0.05, 0) is 55.7 Å². The molecule has 2 aliphatic rings. The zero-order valence-corrected chi connectivity index (χ0v) is 12.8. The Morgan fingerprint density at radius 1 is 1.47 bits per heavy atom. The molecule has 2 aliphatic carbocycles. The van der Waals surface area contributed by atoms with Crippen LogP contribution in [0, 0.1) is 5.41 Å². The average Bonchev–Trinajstić information content (AvgIpc) is 2.38. The number of rotatable bonds is 3. The number of fused-ring (bicyclic) bond motifs is 1. The van der Waals surface area contributed by atoms with Crippen LogP contribution in [0.4, 0.5) is 0 Å². The van der Waals surface area contributed by atoms with Gasteiger partial charge in [-0.25, -0.2) is 0 Å². The summed E-state index contributed by atoms with van der Waals surface area (Å²) in [5.74, 6) is 0. The molecule has 2 atom stereocenters. The van der Waals surface area contributed by atoms with Crippen molar-refractivity contribution >= 4 is 0 Å². The monoisotopic (exact) mass is 260 g/mol. The number of aliphatic hydroxyl groups is 1. The third-order valence-corrected chi connectivity index (χ3v) is 5.13. The van der Waals surface area contributed by atoms with Crippen LogP contribution in [0.5, 0.6) is 0 Å². The molecule has 0 heterocycles. The molecule has 1 nitrogen and oxygen atoms in total. The second-order valence-electron chi connectivity index (χ2n) is 6.46. The van der Waals surface area contributed by atoms with Crippen LogP contribution in [0.2, 0.25) is 0 Å². The second kappa shape index (κ2) is 5.66. The van der Waals surface area contributed by atoms with E-state index in [2.05, 4.69) is 33.4 Å². The van der Waals surface area contributed by atoms with Crippen LogP contribution >= 0.6 is 0 Å². The molecule has 19 heavy (non-hydrogen) atoms. The van der Waals surface area contributed by atoms with E-state index in [9.17, 15) is 5.11 Å². The summed E-state index contributed by atoms with van der Waals surface area (Å²) < 4.78 is 0. The van der Waals surface area contributed by atoms with Crippen LogP contribution in [0.15, 0.2) is 34.9 Å². The van der Waals surface area contributed by atoms with Gasteiger partial charge in [0.15, 0.2) is 0 Å². The zero-order chi connectivity index (χ0) is 14.0. The Balaban J connectivity index is 2.33. The summed E-state index contributed by atoms with van der Waals surface area (Å²) in [4.78, 5) is 0. The van der Waals surface area contributed by atoms with Crippen LogP contribution in [0.1, 0.15) is 65.7 Å². The fraction of sp³-hybridized carbons (Fsp3) is 0.667. The molecule has 0 aromatic carbocycles. The Morgan fingerprint density at radius 2 is 2.21 bits per heavy atom. The number of aliphatic hydroxyl groups excluding tert-OH is 1. The minimum absolute atomic E-state index is 0.0401. The van der Waals surface area contributed by atoms with E-state index in [1.54, 1.807) is 0 Å². The highest BCUT2D eigenvalue weighted by Gasteiger charge is 2.43. The van der Waals surface area contributed by atoms with E-state index in [-0.39, 0.29) is 11.5 Å². The first kappa shape index (κ1) is 14.6. The number of unbranched alkanes of at least 4 members (excludes halogenated alkanes) is 2. The lowest BCUT2D eigenvalue weighted by molar-refractivity contribution is 0.0344. The van der Waals surface area contributed by atoms with Crippen LogP contribution in [0.3, 0.4) is 0 Å². The SMILES string of the molecule is C=C1C(=CCCCC)C[C@@]2(C)C(=C1C)CCC[C@@H]2O.